The van der Waals surface area contributed by atoms with E-state index < -0.39 is 5.91 Å². The fourth-order valence-corrected chi connectivity index (χ4v) is 3.12. The largest absolute Gasteiger partial charge is 0.439 e. The molecule has 2 N–H and O–H groups in total. The van der Waals surface area contributed by atoms with E-state index in [2.05, 4.69) is 26.8 Å². The zero-order valence-corrected chi connectivity index (χ0v) is 15.3. The summed E-state index contributed by atoms with van der Waals surface area (Å²) in [6, 6.07) is 7.16. The summed E-state index contributed by atoms with van der Waals surface area (Å²) >= 11 is 0. The van der Waals surface area contributed by atoms with E-state index in [1.165, 1.54) is 6.33 Å². The average molecular weight is 355 g/mol. The molecule has 0 aliphatic carbocycles. The fraction of sp³-hybridized carbons (Fsp3) is 0.421. The van der Waals surface area contributed by atoms with E-state index in [4.69, 9.17) is 10.5 Å². The Hall–Kier alpha value is -2.51. The van der Waals surface area contributed by atoms with Crippen LogP contribution in [0.1, 0.15) is 28.5 Å². The predicted octanol–water partition coefficient (Wildman–Crippen LogP) is 1.68. The molecule has 2 aromatic rings. The van der Waals surface area contributed by atoms with Gasteiger partial charge >= 0.3 is 0 Å². The molecule has 1 aromatic carbocycles. The fourth-order valence-electron chi connectivity index (χ4n) is 3.12. The van der Waals surface area contributed by atoms with Gasteiger partial charge in [0.2, 0.25) is 11.8 Å². The number of hydrogen-bond acceptors (Lipinski definition) is 6. The summed E-state index contributed by atoms with van der Waals surface area (Å²) in [6.45, 7) is 6.92. The number of piperazine rings is 1. The minimum Gasteiger partial charge on any atom is -0.439 e. The van der Waals surface area contributed by atoms with E-state index in [9.17, 15) is 4.79 Å². The first kappa shape index (κ1) is 18.3. The quantitative estimate of drug-likeness (QED) is 0.849. The van der Waals surface area contributed by atoms with Crippen molar-refractivity contribution in [1.29, 1.82) is 0 Å². The highest BCUT2D eigenvalue weighted by Crippen LogP contribution is 2.27. The van der Waals surface area contributed by atoms with Gasteiger partial charge in [0, 0.05) is 49.9 Å². The minimum atomic E-state index is -0.453. The van der Waals surface area contributed by atoms with Crippen LogP contribution >= 0.6 is 0 Å². The van der Waals surface area contributed by atoms with Crippen LogP contribution in [0.3, 0.4) is 0 Å². The molecule has 7 nitrogen and oxygen atoms in total. The molecule has 2 heterocycles. The molecule has 0 unspecified atom stereocenters. The summed E-state index contributed by atoms with van der Waals surface area (Å²) in [5, 5.41) is 0. The normalized spacial score (nSPS) is 15.8. The van der Waals surface area contributed by atoms with Crippen LogP contribution in [-0.2, 0) is 13.0 Å². The van der Waals surface area contributed by atoms with Gasteiger partial charge < -0.3 is 15.4 Å². The summed E-state index contributed by atoms with van der Waals surface area (Å²) in [5.74, 6) is 0.624. The number of carbonyl (C=O) groups is 1. The van der Waals surface area contributed by atoms with Crippen LogP contribution in [0.25, 0.3) is 0 Å². The highest BCUT2D eigenvalue weighted by Gasteiger charge is 2.16. The Bertz CT molecular complexity index is 772. The lowest BCUT2D eigenvalue weighted by atomic mass is 10.0. The van der Waals surface area contributed by atoms with Gasteiger partial charge in [0.25, 0.3) is 0 Å². The Morgan fingerprint density at radius 1 is 1.23 bits per heavy atom. The number of primary amides is 1. The second-order valence-corrected chi connectivity index (χ2v) is 6.53. The second-order valence-electron chi connectivity index (χ2n) is 6.53. The minimum absolute atomic E-state index is 0.453. The van der Waals surface area contributed by atoms with Crippen molar-refractivity contribution in [3.8, 4) is 11.6 Å². The van der Waals surface area contributed by atoms with Crippen molar-refractivity contribution in [1.82, 2.24) is 19.8 Å². The summed E-state index contributed by atoms with van der Waals surface area (Å²) in [4.78, 5) is 24.9. The molecule has 1 fully saturated rings. The number of rotatable bonds is 6. The Morgan fingerprint density at radius 2 is 2.00 bits per heavy atom. The molecule has 0 saturated carbocycles. The number of likely N-dealkylation sites (N-methyl/N-ethyl adjacent to an activating group) is 1. The standard InChI is InChI=1S/C19H25N5O2/c1-3-15-16(19(20)25)5-4-6-17(15)26-18-11-14(21-13-22-18)12-24-9-7-23(2)8-10-24/h4-6,11,13H,3,7-10,12H2,1-2H3,(H2,20,25). The van der Waals surface area contributed by atoms with Gasteiger partial charge in [-0.15, -0.1) is 0 Å². The molecule has 1 aliphatic heterocycles. The first-order chi connectivity index (χ1) is 12.6. The predicted molar refractivity (Wildman–Crippen MR) is 99.2 cm³/mol. The number of aromatic nitrogens is 2. The van der Waals surface area contributed by atoms with Gasteiger partial charge in [-0.2, -0.15) is 0 Å². The molecule has 0 radical (unpaired) electrons. The third-order valence-electron chi connectivity index (χ3n) is 4.65. The van der Waals surface area contributed by atoms with Crippen LogP contribution in [0, 0.1) is 0 Å². The molecule has 7 heteroatoms. The van der Waals surface area contributed by atoms with Crippen molar-refractivity contribution < 1.29 is 9.53 Å². The van der Waals surface area contributed by atoms with Crippen LogP contribution in [0.4, 0.5) is 0 Å². The lowest BCUT2D eigenvalue weighted by Crippen LogP contribution is -2.44. The summed E-state index contributed by atoms with van der Waals surface area (Å²) in [6.07, 6.45) is 2.16. The third kappa shape index (κ3) is 4.36. The van der Waals surface area contributed by atoms with Crippen molar-refractivity contribution in [2.24, 2.45) is 5.73 Å². The number of ether oxygens (including phenoxy) is 1. The van der Waals surface area contributed by atoms with Crippen LogP contribution in [0.2, 0.25) is 0 Å². The van der Waals surface area contributed by atoms with Crippen LogP contribution in [-0.4, -0.2) is 58.9 Å². The zero-order valence-electron chi connectivity index (χ0n) is 15.3. The van der Waals surface area contributed by atoms with Crippen molar-refractivity contribution in [3.05, 3.63) is 47.4 Å². The van der Waals surface area contributed by atoms with Gasteiger partial charge in [0.1, 0.15) is 12.1 Å². The lowest BCUT2D eigenvalue weighted by Gasteiger charge is -2.32. The van der Waals surface area contributed by atoms with Crippen LogP contribution in [0.5, 0.6) is 11.6 Å². The summed E-state index contributed by atoms with van der Waals surface area (Å²) < 4.78 is 5.95. The SMILES string of the molecule is CCc1c(Oc2cc(CN3CCN(C)CC3)ncn2)cccc1C(N)=O. The highest BCUT2D eigenvalue weighted by molar-refractivity contribution is 5.95. The Labute approximate surface area is 153 Å². The first-order valence-electron chi connectivity index (χ1n) is 8.88. The molecule has 0 bridgehead atoms. The molecule has 1 aliphatic rings. The van der Waals surface area contributed by atoms with E-state index in [1.54, 1.807) is 12.1 Å². The molecule has 3 rings (SSSR count). The molecular formula is C19H25N5O2. The highest BCUT2D eigenvalue weighted by atomic mass is 16.5. The Balaban J connectivity index is 1.75. The van der Waals surface area contributed by atoms with E-state index in [0.29, 0.717) is 23.6 Å². The maximum Gasteiger partial charge on any atom is 0.249 e. The average Bonchev–Trinajstić information content (AvgIpc) is 2.63. The zero-order chi connectivity index (χ0) is 18.5. The van der Waals surface area contributed by atoms with Crippen LogP contribution < -0.4 is 10.5 Å². The van der Waals surface area contributed by atoms with Gasteiger partial charge in [0.15, 0.2) is 0 Å². The Kier molecular flexibility index (Phi) is 5.80. The van der Waals surface area contributed by atoms with Crippen molar-refractivity contribution in [2.75, 3.05) is 33.2 Å². The molecule has 1 saturated heterocycles. The number of carbonyl (C=O) groups excluding carboxylic acids is 1. The van der Waals surface area contributed by atoms with E-state index >= 15 is 0 Å². The monoisotopic (exact) mass is 355 g/mol. The van der Waals surface area contributed by atoms with E-state index in [0.717, 1.165) is 44.0 Å². The van der Waals surface area contributed by atoms with Gasteiger partial charge in [-0.25, -0.2) is 9.97 Å². The van der Waals surface area contributed by atoms with Gasteiger partial charge in [0.05, 0.1) is 5.69 Å². The maximum absolute atomic E-state index is 11.6. The topological polar surface area (TPSA) is 84.6 Å². The summed E-state index contributed by atoms with van der Waals surface area (Å²) in [5.41, 5.74) is 7.66. The number of nitrogens with zero attached hydrogens (tertiary/aromatic N) is 4. The number of hydrogen-bond donors (Lipinski definition) is 1. The molecule has 138 valence electrons. The Morgan fingerprint density at radius 3 is 2.69 bits per heavy atom. The maximum atomic E-state index is 11.6. The smallest absolute Gasteiger partial charge is 0.249 e. The molecule has 1 amide bonds. The van der Waals surface area contributed by atoms with E-state index in [1.807, 2.05) is 19.1 Å². The van der Waals surface area contributed by atoms with Crippen molar-refractivity contribution in [2.45, 2.75) is 19.9 Å². The van der Waals surface area contributed by atoms with E-state index in [-0.39, 0.29) is 0 Å². The lowest BCUT2D eigenvalue weighted by molar-refractivity contribution is 0.0999. The molecule has 0 spiro atoms. The van der Waals surface area contributed by atoms with Gasteiger partial charge in [-0.1, -0.05) is 13.0 Å². The third-order valence-corrected chi connectivity index (χ3v) is 4.65. The summed E-state index contributed by atoms with van der Waals surface area (Å²) in [7, 11) is 2.14. The van der Waals surface area contributed by atoms with Gasteiger partial charge in [-0.3, -0.25) is 9.69 Å². The molecule has 0 atom stereocenters. The van der Waals surface area contributed by atoms with Crippen molar-refractivity contribution in [3.63, 3.8) is 0 Å². The first-order valence-corrected chi connectivity index (χ1v) is 8.88. The number of benzene rings is 1. The van der Waals surface area contributed by atoms with Crippen LogP contribution in [0.15, 0.2) is 30.6 Å². The van der Waals surface area contributed by atoms with Gasteiger partial charge in [-0.05, 0) is 25.6 Å². The molecule has 26 heavy (non-hydrogen) atoms. The van der Waals surface area contributed by atoms with Crippen molar-refractivity contribution >= 4 is 5.91 Å². The number of nitrogens with two attached hydrogens (primary N) is 1. The second kappa shape index (κ2) is 8.25. The number of amides is 1. The molecular weight excluding hydrogens is 330 g/mol. The molecule has 1 aromatic heterocycles.